The van der Waals surface area contributed by atoms with Crippen molar-refractivity contribution in [1.29, 1.82) is 0 Å². The van der Waals surface area contributed by atoms with Gasteiger partial charge in [0, 0.05) is 6.61 Å². The summed E-state index contributed by atoms with van der Waals surface area (Å²) >= 11 is 0. The minimum atomic E-state index is -0.667. The number of carbonyl (C=O) groups excluding carboxylic acids is 1. The molecule has 0 radical (unpaired) electrons. The molecule has 5 heteroatoms. The van der Waals surface area contributed by atoms with Gasteiger partial charge in [-0.2, -0.15) is 0 Å². The van der Waals surface area contributed by atoms with Crippen LogP contribution in [-0.4, -0.2) is 31.3 Å². The highest BCUT2D eigenvalue weighted by atomic mass is 19.1. The summed E-state index contributed by atoms with van der Waals surface area (Å²) < 4.78 is 24.2. The Bertz CT molecular complexity index is 432. The van der Waals surface area contributed by atoms with E-state index in [0.717, 1.165) is 12.8 Å². The van der Waals surface area contributed by atoms with Crippen molar-refractivity contribution in [3.8, 4) is 0 Å². The van der Waals surface area contributed by atoms with Gasteiger partial charge in [-0.1, -0.05) is 12.1 Å². The SMILES string of the molecule is CCOC(=O)C(Nc1ccccc1F)C1CCCO1. The number of para-hydroxylation sites is 1. The van der Waals surface area contributed by atoms with Gasteiger partial charge < -0.3 is 14.8 Å². The Hall–Kier alpha value is -1.62. The highest BCUT2D eigenvalue weighted by Crippen LogP contribution is 2.22. The maximum Gasteiger partial charge on any atom is 0.331 e. The van der Waals surface area contributed by atoms with E-state index in [1.54, 1.807) is 25.1 Å². The molecule has 0 aromatic heterocycles. The molecule has 0 bridgehead atoms. The predicted octanol–water partition coefficient (Wildman–Crippen LogP) is 2.35. The first-order valence-corrected chi connectivity index (χ1v) is 6.51. The molecular weight excluding hydrogens is 249 g/mol. The quantitative estimate of drug-likeness (QED) is 0.832. The zero-order valence-electron chi connectivity index (χ0n) is 10.9. The molecule has 1 heterocycles. The number of ether oxygens (including phenoxy) is 2. The van der Waals surface area contributed by atoms with Crippen LogP contribution in [0.4, 0.5) is 10.1 Å². The van der Waals surface area contributed by atoms with Gasteiger partial charge in [-0.25, -0.2) is 9.18 Å². The first-order valence-electron chi connectivity index (χ1n) is 6.51. The largest absolute Gasteiger partial charge is 0.464 e. The number of halogens is 1. The highest BCUT2D eigenvalue weighted by Gasteiger charge is 2.33. The van der Waals surface area contributed by atoms with E-state index in [1.807, 2.05) is 0 Å². The molecule has 1 aromatic carbocycles. The van der Waals surface area contributed by atoms with Crippen LogP contribution >= 0.6 is 0 Å². The van der Waals surface area contributed by atoms with Crippen LogP contribution in [0.5, 0.6) is 0 Å². The van der Waals surface area contributed by atoms with Crippen molar-refractivity contribution in [2.45, 2.75) is 31.9 Å². The fourth-order valence-corrected chi connectivity index (χ4v) is 2.15. The van der Waals surface area contributed by atoms with E-state index in [1.165, 1.54) is 6.07 Å². The third-order valence-corrected chi connectivity index (χ3v) is 3.06. The summed E-state index contributed by atoms with van der Waals surface area (Å²) in [6, 6.07) is 5.59. The van der Waals surface area contributed by atoms with E-state index < -0.39 is 17.8 Å². The van der Waals surface area contributed by atoms with Crippen molar-refractivity contribution < 1.29 is 18.7 Å². The Morgan fingerprint density at radius 1 is 1.58 bits per heavy atom. The molecule has 19 heavy (non-hydrogen) atoms. The number of anilines is 1. The number of carbonyl (C=O) groups is 1. The molecule has 1 aliphatic heterocycles. The monoisotopic (exact) mass is 267 g/mol. The molecule has 0 amide bonds. The van der Waals surface area contributed by atoms with Gasteiger partial charge in [-0.05, 0) is 31.9 Å². The van der Waals surface area contributed by atoms with E-state index in [4.69, 9.17) is 9.47 Å². The number of nitrogens with one attached hydrogen (secondary N) is 1. The summed E-state index contributed by atoms with van der Waals surface area (Å²) in [5, 5.41) is 2.90. The average Bonchev–Trinajstić information content (AvgIpc) is 2.91. The van der Waals surface area contributed by atoms with E-state index in [2.05, 4.69) is 5.32 Å². The lowest BCUT2D eigenvalue weighted by Gasteiger charge is -2.23. The van der Waals surface area contributed by atoms with Gasteiger partial charge >= 0.3 is 5.97 Å². The van der Waals surface area contributed by atoms with Crippen molar-refractivity contribution in [3.05, 3.63) is 30.1 Å². The zero-order valence-corrected chi connectivity index (χ0v) is 10.9. The minimum absolute atomic E-state index is 0.265. The van der Waals surface area contributed by atoms with E-state index in [-0.39, 0.29) is 11.8 Å². The van der Waals surface area contributed by atoms with E-state index in [0.29, 0.717) is 13.2 Å². The van der Waals surface area contributed by atoms with Gasteiger partial charge in [0.2, 0.25) is 0 Å². The molecule has 2 rings (SSSR count). The van der Waals surface area contributed by atoms with Crippen molar-refractivity contribution in [2.24, 2.45) is 0 Å². The third-order valence-electron chi connectivity index (χ3n) is 3.06. The van der Waals surface area contributed by atoms with Crippen LogP contribution in [-0.2, 0) is 14.3 Å². The van der Waals surface area contributed by atoms with Crippen LogP contribution in [0.1, 0.15) is 19.8 Å². The summed E-state index contributed by atoms with van der Waals surface area (Å²) in [4.78, 5) is 12.0. The summed E-state index contributed by atoms with van der Waals surface area (Å²) in [6.45, 7) is 2.66. The maximum absolute atomic E-state index is 13.6. The van der Waals surface area contributed by atoms with Crippen LogP contribution in [0.3, 0.4) is 0 Å². The maximum atomic E-state index is 13.6. The van der Waals surface area contributed by atoms with E-state index in [9.17, 15) is 9.18 Å². The van der Waals surface area contributed by atoms with Gasteiger partial charge in [-0.15, -0.1) is 0 Å². The van der Waals surface area contributed by atoms with Crippen LogP contribution in [0.15, 0.2) is 24.3 Å². The highest BCUT2D eigenvalue weighted by molar-refractivity contribution is 5.80. The fourth-order valence-electron chi connectivity index (χ4n) is 2.15. The molecule has 1 aromatic rings. The second-order valence-electron chi connectivity index (χ2n) is 4.41. The first-order chi connectivity index (χ1) is 9.22. The summed E-state index contributed by atoms with van der Waals surface area (Å²) in [6.07, 6.45) is 1.41. The molecule has 1 N–H and O–H groups in total. The van der Waals surface area contributed by atoms with Crippen LogP contribution in [0, 0.1) is 5.82 Å². The lowest BCUT2D eigenvalue weighted by molar-refractivity contribution is -0.146. The normalized spacial score (nSPS) is 20.0. The van der Waals surface area contributed by atoms with Crippen LogP contribution < -0.4 is 5.32 Å². The van der Waals surface area contributed by atoms with Gasteiger partial charge in [0.05, 0.1) is 18.4 Å². The molecule has 4 nitrogen and oxygen atoms in total. The molecule has 104 valence electrons. The molecule has 1 aliphatic rings. The number of benzene rings is 1. The van der Waals surface area contributed by atoms with Gasteiger partial charge in [0.25, 0.3) is 0 Å². The lowest BCUT2D eigenvalue weighted by Crippen LogP contribution is -2.41. The molecule has 1 saturated heterocycles. The van der Waals surface area contributed by atoms with Crippen molar-refractivity contribution >= 4 is 11.7 Å². The topological polar surface area (TPSA) is 47.6 Å². The average molecular weight is 267 g/mol. The molecular formula is C14H18FNO3. The fraction of sp³-hybridized carbons (Fsp3) is 0.500. The van der Waals surface area contributed by atoms with Gasteiger partial charge in [0.1, 0.15) is 5.82 Å². The standard InChI is InChI=1S/C14H18FNO3/c1-2-18-14(17)13(12-8-5-9-19-12)16-11-7-4-3-6-10(11)15/h3-4,6-7,12-13,16H,2,5,8-9H2,1H3. The summed E-state index contributed by atoms with van der Waals surface area (Å²) in [5.74, 6) is -0.799. The smallest absolute Gasteiger partial charge is 0.331 e. The molecule has 0 saturated carbocycles. The molecule has 1 fully saturated rings. The number of hydrogen-bond donors (Lipinski definition) is 1. The Morgan fingerprint density at radius 3 is 3.00 bits per heavy atom. The first kappa shape index (κ1) is 13.8. The van der Waals surface area contributed by atoms with Crippen LogP contribution in [0.2, 0.25) is 0 Å². The molecule has 2 atom stereocenters. The molecule has 0 aliphatic carbocycles. The third kappa shape index (κ3) is 3.44. The zero-order chi connectivity index (χ0) is 13.7. The Labute approximate surface area is 111 Å². The van der Waals surface area contributed by atoms with Crippen molar-refractivity contribution in [2.75, 3.05) is 18.5 Å². The Morgan fingerprint density at radius 2 is 2.37 bits per heavy atom. The van der Waals surface area contributed by atoms with Crippen molar-refractivity contribution in [3.63, 3.8) is 0 Å². The lowest BCUT2D eigenvalue weighted by atomic mass is 10.1. The second kappa shape index (κ2) is 6.52. The predicted molar refractivity (Wildman–Crippen MR) is 69.4 cm³/mol. The van der Waals surface area contributed by atoms with Gasteiger partial charge in [-0.3, -0.25) is 0 Å². The Balaban J connectivity index is 2.13. The number of esters is 1. The number of hydrogen-bond acceptors (Lipinski definition) is 4. The summed E-state index contributed by atoms with van der Waals surface area (Å²) in [7, 11) is 0. The molecule has 0 spiro atoms. The minimum Gasteiger partial charge on any atom is -0.464 e. The summed E-state index contributed by atoms with van der Waals surface area (Å²) in [5.41, 5.74) is 0.288. The van der Waals surface area contributed by atoms with Crippen molar-refractivity contribution in [1.82, 2.24) is 0 Å². The number of rotatable bonds is 5. The van der Waals surface area contributed by atoms with E-state index >= 15 is 0 Å². The Kier molecular flexibility index (Phi) is 4.74. The second-order valence-corrected chi connectivity index (χ2v) is 4.41. The molecule has 2 unspecified atom stereocenters. The van der Waals surface area contributed by atoms with Gasteiger partial charge in [0.15, 0.2) is 6.04 Å². The van der Waals surface area contributed by atoms with Crippen LogP contribution in [0.25, 0.3) is 0 Å².